The molecular weight excluding hydrogens is 483 g/mol. The van der Waals surface area contributed by atoms with Crippen LogP contribution in [-0.4, -0.2) is 68.0 Å². The number of halogens is 2. The van der Waals surface area contributed by atoms with Crippen LogP contribution in [0, 0.1) is 11.8 Å². The molecular formula is C27H38Cl2N4O2. The number of nitrogens with one attached hydrogen (secondary N) is 1. The highest BCUT2D eigenvalue weighted by Crippen LogP contribution is 2.36. The van der Waals surface area contributed by atoms with E-state index in [1.807, 2.05) is 0 Å². The molecule has 0 bridgehead atoms. The van der Waals surface area contributed by atoms with Gasteiger partial charge in [0.05, 0.1) is 23.5 Å². The van der Waals surface area contributed by atoms with E-state index in [0.29, 0.717) is 28.1 Å². The number of anilines is 1. The van der Waals surface area contributed by atoms with Gasteiger partial charge in [0, 0.05) is 62.5 Å². The Morgan fingerprint density at radius 1 is 1.00 bits per heavy atom. The van der Waals surface area contributed by atoms with E-state index in [1.165, 1.54) is 25.7 Å². The Hall–Kier alpha value is -1.44. The van der Waals surface area contributed by atoms with Crippen molar-refractivity contribution >= 4 is 28.9 Å². The van der Waals surface area contributed by atoms with Crippen molar-refractivity contribution in [2.45, 2.75) is 51.0 Å². The predicted molar refractivity (Wildman–Crippen MR) is 143 cm³/mol. The summed E-state index contributed by atoms with van der Waals surface area (Å²) in [5.74, 6) is 1.26. The van der Waals surface area contributed by atoms with E-state index in [9.17, 15) is 0 Å². The number of hydrogen-bond acceptors (Lipinski definition) is 6. The zero-order valence-electron chi connectivity index (χ0n) is 20.9. The zero-order chi connectivity index (χ0) is 24.6. The summed E-state index contributed by atoms with van der Waals surface area (Å²) >= 11 is 13.1. The summed E-state index contributed by atoms with van der Waals surface area (Å²) < 4.78 is 10.7. The summed E-state index contributed by atoms with van der Waals surface area (Å²) in [6.07, 6.45) is 11.6. The van der Waals surface area contributed by atoms with Crippen LogP contribution in [-0.2, 0) is 15.9 Å². The fourth-order valence-electron chi connectivity index (χ4n) is 5.25. The van der Waals surface area contributed by atoms with Crippen LogP contribution in [0.3, 0.4) is 0 Å². The third-order valence-electron chi connectivity index (χ3n) is 7.56. The maximum Gasteiger partial charge on any atom is 0.137 e. The van der Waals surface area contributed by atoms with Gasteiger partial charge in [-0.05, 0) is 76.0 Å². The van der Waals surface area contributed by atoms with Crippen molar-refractivity contribution in [3.05, 3.63) is 40.4 Å². The number of likely N-dealkylation sites (N-methyl/N-ethyl adjacent to an activating group) is 1. The van der Waals surface area contributed by atoms with E-state index in [-0.39, 0.29) is 0 Å². The maximum absolute atomic E-state index is 6.59. The number of methoxy groups -OCH3 is 1. The lowest BCUT2D eigenvalue weighted by molar-refractivity contribution is 0.0699. The second-order valence-corrected chi connectivity index (χ2v) is 10.8. The number of rotatable bonds is 10. The van der Waals surface area contributed by atoms with Gasteiger partial charge in [-0.1, -0.05) is 23.2 Å². The van der Waals surface area contributed by atoms with Gasteiger partial charge in [0.1, 0.15) is 5.15 Å². The van der Waals surface area contributed by atoms with Gasteiger partial charge in [-0.25, -0.2) is 4.98 Å². The Bertz CT molecular complexity index is 947. The number of hydrogen-bond donors (Lipinski definition) is 1. The summed E-state index contributed by atoms with van der Waals surface area (Å²) in [6, 6.07) is 4.81. The second kappa shape index (κ2) is 13.2. The van der Waals surface area contributed by atoms with Crippen LogP contribution >= 0.6 is 23.2 Å². The topological polar surface area (TPSA) is 59.5 Å². The molecule has 2 fully saturated rings. The zero-order valence-corrected chi connectivity index (χ0v) is 22.5. The van der Waals surface area contributed by atoms with E-state index in [1.54, 1.807) is 19.5 Å². The molecule has 1 aliphatic heterocycles. The summed E-state index contributed by atoms with van der Waals surface area (Å²) in [5.41, 5.74) is 3.77. The highest BCUT2D eigenvalue weighted by atomic mass is 35.5. The minimum absolute atomic E-state index is 0.459. The van der Waals surface area contributed by atoms with Crippen LogP contribution < -0.4 is 5.32 Å². The summed E-state index contributed by atoms with van der Waals surface area (Å²) in [6.45, 7) is 4.38. The quantitative estimate of drug-likeness (QED) is 0.389. The summed E-state index contributed by atoms with van der Waals surface area (Å²) in [7, 11) is 3.98. The molecule has 4 rings (SSSR count). The van der Waals surface area contributed by atoms with Gasteiger partial charge in [-0.15, -0.1) is 0 Å². The van der Waals surface area contributed by atoms with Crippen LogP contribution in [0.4, 0.5) is 5.69 Å². The third-order valence-corrected chi connectivity index (χ3v) is 8.16. The first-order valence-corrected chi connectivity index (χ1v) is 13.6. The Morgan fingerprint density at radius 2 is 1.77 bits per heavy atom. The third kappa shape index (κ3) is 7.53. The van der Waals surface area contributed by atoms with Crippen LogP contribution in [0.25, 0.3) is 11.1 Å². The molecule has 0 atom stereocenters. The second-order valence-electron chi connectivity index (χ2n) is 10.0. The predicted octanol–water partition coefficient (Wildman–Crippen LogP) is 5.97. The van der Waals surface area contributed by atoms with Crippen molar-refractivity contribution in [1.82, 2.24) is 14.9 Å². The molecule has 1 aliphatic carbocycles. The molecule has 8 heteroatoms. The highest BCUT2D eigenvalue weighted by Gasteiger charge is 2.25. The molecule has 1 N–H and O–H groups in total. The molecule has 2 aromatic heterocycles. The Labute approximate surface area is 219 Å². The molecule has 1 saturated heterocycles. The van der Waals surface area contributed by atoms with Crippen molar-refractivity contribution in [2.75, 3.05) is 52.4 Å². The van der Waals surface area contributed by atoms with Gasteiger partial charge in [0.2, 0.25) is 0 Å². The average Bonchev–Trinajstić information content (AvgIpc) is 2.89. The van der Waals surface area contributed by atoms with Gasteiger partial charge in [-0.2, -0.15) is 0 Å². The van der Waals surface area contributed by atoms with E-state index < -0.39 is 0 Å². The van der Waals surface area contributed by atoms with Crippen LogP contribution in [0.5, 0.6) is 0 Å². The lowest BCUT2D eigenvalue weighted by Crippen LogP contribution is -2.37. The Kier molecular flexibility index (Phi) is 10.0. The standard InChI is InChI=1S/C27H38Cl2N4O2/c1-33(9-12-34-2)23-5-3-19(4-6-23)13-21-14-24(26(28)18-31-21)25-15-22(17-32-27(25)29)30-16-20-7-10-35-11-8-20/h14-15,17-20,23,30H,3-13,16H2,1-2H3. The molecule has 0 aromatic carbocycles. The molecule has 35 heavy (non-hydrogen) atoms. The molecule has 0 amide bonds. The van der Waals surface area contributed by atoms with E-state index >= 15 is 0 Å². The van der Waals surface area contributed by atoms with E-state index in [2.05, 4.69) is 39.4 Å². The van der Waals surface area contributed by atoms with Crippen molar-refractivity contribution in [3.63, 3.8) is 0 Å². The molecule has 0 radical (unpaired) electrons. The smallest absolute Gasteiger partial charge is 0.137 e. The van der Waals surface area contributed by atoms with E-state index in [4.69, 9.17) is 32.7 Å². The minimum atomic E-state index is 0.459. The molecule has 3 heterocycles. The van der Waals surface area contributed by atoms with Gasteiger partial charge >= 0.3 is 0 Å². The maximum atomic E-state index is 6.59. The van der Waals surface area contributed by atoms with Crippen LogP contribution in [0.15, 0.2) is 24.5 Å². The van der Waals surface area contributed by atoms with Gasteiger partial charge < -0.3 is 19.7 Å². The van der Waals surface area contributed by atoms with E-state index in [0.717, 1.165) is 74.7 Å². The lowest BCUT2D eigenvalue weighted by Gasteiger charge is -2.34. The highest BCUT2D eigenvalue weighted by molar-refractivity contribution is 6.35. The van der Waals surface area contributed by atoms with Crippen molar-refractivity contribution in [2.24, 2.45) is 11.8 Å². The number of nitrogens with zero attached hydrogens (tertiary/aromatic N) is 3. The molecule has 2 aliphatic rings. The summed E-state index contributed by atoms with van der Waals surface area (Å²) in [5, 5.41) is 4.59. The normalized spacial score (nSPS) is 21.4. The fourth-order valence-corrected chi connectivity index (χ4v) is 5.66. The molecule has 0 unspecified atom stereocenters. The van der Waals surface area contributed by atoms with Gasteiger partial charge in [-0.3, -0.25) is 4.98 Å². The van der Waals surface area contributed by atoms with Crippen LogP contribution in [0.1, 0.15) is 44.2 Å². The van der Waals surface area contributed by atoms with Crippen molar-refractivity contribution < 1.29 is 9.47 Å². The molecule has 6 nitrogen and oxygen atoms in total. The van der Waals surface area contributed by atoms with Crippen molar-refractivity contribution in [1.29, 1.82) is 0 Å². The first-order chi connectivity index (χ1) is 17.0. The largest absolute Gasteiger partial charge is 0.384 e. The Balaban J connectivity index is 1.39. The lowest BCUT2D eigenvalue weighted by atomic mass is 9.82. The Morgan fingerprint density at radius 3 is 2.51 bits per heavy atom. The molecule has 192 valence electrons. The van der Waals surface area contributed by atoms with Gasteiger partial charge in [0.15, 0.2) is 0 Å². The first-order valence-electron chi connectivity index (χ1n) is 12.8. The first kappa shape index (κ1) is 26.6. The van der Waals surface area contributed by atoms with Crippen LogP contribution in [0.2, 0.25) is 10.2 Å². The minimum Gasteiger partial charge on any atom is -0.384 e. The molecule has 2 aromatic rings. The van der Waals surface area contributed by atoms with Gasteiger partial charge in [0.25, 0.3) is 0 Å². The SMILES string of the molecule is COCCN(C)C1CCC(Cc2cc(-c3cc(NCC4CCOCC4)cnc3Cl)c(Cl)cn2)CC1. The number of aromatic nitrogens is 2. The number of ether oxygens (including phenoxy) is 2. The molecule has 1 saturated carbocycles. The average molecular weight is 522 g/mol. The summed E-state index contributed by atoms with van der Waals surface area (Å²) in [4.78, 5) is 11.5. The molecule has 0 spiro atoms. The fraction of sp³-hybridized carbons (Fsp3) is 0.630. The number of pyridine rings is 2. The van der Waals surface area contributed by atoms with Crippen molar-refractivity contribution in [3.8, 4) is 11.1 Å². The monoisotopic (exact) mass is 520 g/mol.